The van der Waals surface area contributed by atoms with Gasteiger partial charge in [0.15, 0.2) is 5.82 Å². The summed E-state index contributed by atoms with van der Waals surface area (Å²) < 4.78 is 5.10. The summed E-state index contributed by atoms with van der Waals surface area (Å²) in [5, 5.41) is 15.6. The number of nitrogens with one attached hydrogen (secondary N) is 1. The fourth-order valence-electron chi connectivity index (χ4n) is 2.07. The number of aromatic amines is 1. The molecule has 0 unspecified atom stereocenters. The fourth-order valence-corrected chi connectivity index (χ4v) is 4.17. The number of thioether (sulfide) groups is 1. The zero-order valence-corrected chi connectivity index (χ0v) is 14.2. The number of aryl methyl sites for hydroxylation is 2. The number of fused-ring (bicyclic) bond motifs is 1. The maximum Gasteiger partial charge on any atom is 0.348 e. The highest BCUT2D eigenvalue weighted by Crippen LogP contribution is 2.35. The second kappa shape index (κ2) is 7.01. The summed E-state index contributed by atoms with van der Waals surface area (Å²) in [6, 6.07) is 0. The van der Waals surface area contributed by atoms with Gasteiger partial charge in [0, 0.05) is 17.6 Å². The molecule has 1 N–H and O–H groups in total. The van der Waals surface area contributed by atoms with Gasteiger partial charge in [-0.2, -0.15) is 5.21 Å². The Morgan fingerprint density at radius 1 is 1.43 bits per heavy atom. The minimum Gasteiger partial charge on any atom is -0.462 e. The molecule has 0 radical (unpaired) electrons. The smallest absolute Gasteiger partial charge is 0.348 e. The standard InChI is InChI=1S/C13H14N6O2S2/c1-3-21-13(20)10-7(2)9-11(14-6-15-12(9)23-10)22-5-4-8-16-18-19-17-8/h6H,3-5H2,1-2H3,(H,16,17,18,19). The highest BCUT2D eigenvalue weighted by atomic mass is 32.2. The van der Waals surface area contributed by atoms with Gasteiger partial charge in [-0.15, -0.1) is 33.3 Å². The number of ether oxygens (including phenoxy) is 1. The van der Waals surface area contributed by atoms with Gasteiger partial charge in [0.05, 0.1) is 6.61 Å². The lowest BCUT2D eigenvalue weighted by atomic mass is 10.2. The topological polar surface area (TPSA) is 107 Å². The molecule has 3 rings (SSSR count). The maximum absolute atomic E-state index is 12.0. The Kier molecular flexibility index (Phi) is 4.82. The molecule has 0 amide bonds. The zero-order chi connectivity index (χ0) is 16.2. The molecule has 3 aromatic heterocycles. The van der Waals surface area contributed by atoms with Crippen molar-refractivity contribution in [2.24, 2.45) is 0 Å². The number of nitrogens with zero attached hydrogens (tertiary/aromatic N) is 5. The van der Waals surface area contributed by atoms with Crippen LogP contribution in [0.2, 0.25) is 0 Å². The summed E-state index contributed by atoms with van der Waals surface area (Å²) in [6.07, 6.45) is 2.20. The number of hydrogen-bond acceptors (Lipinski definition) is 9. The lowest BCUT2D eigenvalue weighted by Gasteiger charge is -2.02. The maximum atomic E-state index is 12.0. The van der Waals surface area contributed by atoms with E-state index in [0.717, 1.165) is 26.6 Å². The quantitative estimate of drug-likeness (QED) is 0.409. The molecule has 23 heavy (non-hydrogen) atoms. The molecule has 0 aliphatic rings. The highest BCUT2D eigenvalue weighted by molar-refractivity contribution is 7.99. The van der Waals surface area contributed by atoms with E-state index in [1.54, 1.807) is 18.7 Å². The number of hydrogen-bond donors (Lipinski definition) is 1. The van der Waals surface area contributed by atoms with Crippen LogP contribution < -0.4 is 0 Å². The number of carbonyl (C=O) groups is 1. The van der Waals surface area contributed by atoms with Crippen molar-refractivity contribution in [3.63, 3.8) is 0 Å². The number of aromatic nitrogens is 6. The minimum atomic E-state index is -0.309. The van der Waals surface area contributed by atoms with Crippen LogP contribution in [0.4, 0.5) is 0 Å². The van der Waals surface area contributed by atoms with Gasteiger partial charge in [0.25, 0.3) is 0 Å². The van der Waals surface area contributed by atoms with Gasteiger partial charge in [-0.1, -0.05) is 5.21 Å². The molecule has 8 nitrogen and oxygen atoms in total. The molecule has 0 bridgehead atoms. The monoisotopic (exact) mass is 350 g/mol. The first-order valence-electron chi connectivity index (χ1n) is 6.97. The SMILES string of the molecule is CCOC(=O)c1sc2ncnc(SCCc3nn[nH]n3)c2c1C. The predicted octanol–water partition coefficient (Wildman–Crippen LogP) is 2.02. The van der Waals surface area contributed by atoms with Crippen LogP contribution in [-0.2, 0) is 11.2 Å². The third kappa shape index (κ3) is 3.32. The largest absolute Gasteiger partial charge is 0.462 e. The average Bonchev–Trinajstić information content (AvgIpc) is 3.16. The molecule has 0 spiro atoms. The molecule has 10 heteroatoms. The first kappa shape index (κ1) is 15.8. The summed E-state index contributed by atoms with van der Waals surface area (Å²) in [5.74, 6) is 1.11. The number of thiophene rings is 1. The Morgan fingerprint density at radius 2 is 2.30 bits per heavy atom. The van der Waals surface area contributed by atoms with Crippen LogP contribution in [0.15, 0.2) is 11.4 Å². The molecule has 120 valence electrons. The first-order valence-corrected chi connectivity index (χ1v) is 8.77. The number of rotatable bonds is 6. The van der Waals surface area contributed by atoms with Crippen LogP contribution in [0.1, 0.15) is 28.0 Å². The lowest BCUT2D eigenvalue weighted by molar-refractivity contribution is 0.0531. The third-order valence-electron chi connectivity index (χ3n) is 3.11. The van der Waals surface area contributed by atoms with Gasteiger partial charge in [0.1, 0.15) is 21.1 Å². The zero-order valence-electron chi connectivity index (χ0n) is 12.6. The van der Waals surface area contributed by atoms with Crippen LogP contribution >= 0.6 is 23.1 Å². The van der Waals surface area contributed by atoms with Crippen molar-refractivity contribution in [1.29, 1.82) is 0 Å². The molecule has 3 heterocycles. The summed E-state index contributed by atoms with van der Waals surface area (Å²) in [5.41, 5.74) is 0.867. The van der Waals surface area contributed by atoms with Crippen LogP contribution in [-0.4, -0.2) is 48.9 Å². The predicted molar refractivity (Wildman–Crippen MR) is 86.7 cm³/mol. The molecule has 0 aliphatic carbocycles. The average molecular weight is 350 g/mol. The molecule has 0 saturated heterocycles. The molecule has 0 aliphatic heterocycles. The van der Waals surface area contributed by atoms with Crippen LogP contribution in [0.25, 0.3) is 10.2 Å². The van der Waals surface area contributed by atoms with Crippen molar-refractivity contribution in [2.75, 3.05) is 12.4 Å². The molecular formula is C13H14N6O2S2. The second-order valence-electron chi connectivity index (χ2n) is 4.56. The number of carbonyl (C=O) groups excluding carboxylic acids is 1. The Hall–Kier alpha value is -2.07. The van der Waals surface area contributed by atoms with Crippen LogP contribution in [0, 0.1) is 6.92 Å². The van der Waals surface area contributed by atoms with Gasteiger partial charge in [-0.25, -0.2) is 14.8 Å². The normalized spacial score (nSPS) is 11.0. The highest BCUT2D eigenvalue weighted by Gasteiger charge is 2.20. The molecule has 0 fully saturated rings. The van der Waals surface area contributed by atoms with Gasteiger partial charge >= 0.3 is 5.97 Å². The van der Waals surface area contributed by atoms with E-state index in [9.17, 15) is 4.79 Å². The molecule has 0 aromatic carbocycles. The molecule has 3 aromatic rings. The fraction of sp³-hybridized carbons (Fsp3) is 0.385. The van der Waals surface area contributed by atoms with E-state index >= 15 is 0 Å². The van der Waals surface area contributed by atoms with E-state index in [4.69, 9.17) is 4.74 Å². The number of esters is 1. The molecule has 0 saturated carbocycles. The van der Waals surface area contributed by atoms with E-state index < -0.39 is 0 Å². The Bertz CT molecular complexity index is 817. The lowest BCUT2D eigenvalue weighted by Crippen LogP contribution is -2.03. The Labute approximate surface area is 140 Å². The summed E-state index contributed by atoms with van der Waals surface area (Å²) in [4.78, 5) is 22.0. The van der Waals surface area contributed by atoms with Crippen molar-refractivity contribution < 1.29 is 9.53 Å². The third-order valence-corrected chi connectivity index (χ3v) is 5.28. The van der Waals surface area contributed by atoms with Gasteiger partial charge in [-0.05, 0) is 19.4 Å². The van der Waals surface area contributed by atoms with Crippen molar-refractivity contribution >= 4 is 39.3 Å². The van der Waals surface area contributed by atoms with Crippen molar-refractivity contribution in [2.45, 2.75) is 25.3 Å². The van der Waals surface area contributed by atoms with Crippen LogP contribution in [0.5, 0.6) is 0 Å². The molecular weight excluding hydrogens is 336 g/mol. The van der Waals surface area contributed by atoms with Gasteiger partial charge in [0.2, 0.25) is 0 Å². The first-order chi connectivity index (χ1) is 11.2. The van der Waals surface area contributed by atoms with Gasteiger partial charge < -0.3 is 4.74 Å². The van der Waals surface area contributed by atoms with E-state index in [-0.39, 0.29) is 5.97 Å². The minimum absolute atomic E-state index is 0.309. The van der Waals surface area contributed by atoms with Crippen LogP contribution in [0.3, 0.4) is 0 Å². The van der Waals surface area contributed by atoms with E-state index in [0.29, 0.717) is 23.7 Å². The number of tetrazole rings is 1. The van der Waals surface area contributed by atoms with Crippen molar-refractivity contribution in [3.05, 3.63) is 22.6 Å². The van der Waals surface area contributed by atoms with Crippen molar-refractivity contribution in [3.8, 4) is 0 Å². The van der Waals surface area contributed by atoms with E-state index in [1.165, 1.54) is 17.7 Å². The summed E-state index contributed by atoms with van der Waals surface area (Å²) in [6.45, 7) is 4.04. The van der Waals surface area contributed by atoms with Gasteiger partial charge in [-0.3, -0.25) is 0 Å². The summed E-state index contributed by atoms with van der Waals surface area (Å²) in [7, 11) is 0. The second-order valence-corrected chi connectivity index (χ2v) is 6.64. The van der Waals surface area contributed by atoms with E-state index in [2.05, 4.69) is 30.6 Å². The number of H-pyrrole nitrogens is 1. The Morgan fingerprint density at radius 3 is 3.04 bits per heavy atom. The van der Waals surface area contributed by atoms with Crippen molar-refractivity contribution in [1.82, 2.24) is 30.6 Å². The summed E-state index contributed by atoms with van der Waals surface area (Å²) >= 11 is 2.92. The van der Waals surface area contributed by atoms with E-state index in [1.807, 2.05) is 6.92 Å². The Balaban J connectivity index is 1.84. The molecule has 0 atom stereocenters.